The van der Waals surface area contributed by atoms with Crippen molar-refractivity contribution in [3.8, 4) is 12.1 Å². The van der Waals surface area contributed by atoms with E-state index in [-0.39, 0.29) is 24.7 Å². The molecule has 0 aliphatic carbocycles. The van der Waals surface area contributed by atoms with Gasteiger partial charge in [0.05, 0.1) is 36.3 Å². The third kappa shape index (κ3) is 7.04. The Morgan fingerprint density at radius 2 is 1.72 bits per heavy atom. The summed E-state index contributed by atoms with van der Waals surface area (Å²) in [6.07, 6.45) is 0.688. The van der Waals surface area contributed by atoms with Crippen molar-refractivity contribution in [2.24, 2.45) is 0 Å². The number of carbonyl (C=O) groups is 1. The lowest BCUT2D eigenvalue weighted by atomic mass is 9.94. The Labute approximate surface area is 255 Å². The third-order valence-electron chi connectivity index (χ3n) is 8.25. The van der Waals surface area contributed by atoms with E-state index in [0.29, 0.717) is 37.6 Å². The number of carbonyl (C=O) groups excluding carboxylic acids is 1. The number of hydrogen-bond donors (Lipinski definition) is 0. The highest BCUT2D eigenvalue weighted by Crippen LogP contribution is 2.37. The van der Waals surface area contributed by atoms with Gasteiger partial charge in [-0.25, -0.2) is 9.78 Å². The molecule has 228 valence electrons. The van der Waals surface area contributed by atoms with E-state index in [0.717, 1.165) is 49.5 Å². The first-order chi connectivity index (χ1) is 20.6. The Kier molecular flexibility index (Phi) is 9.10. The molecule has 2 saturated heterocycles. The molecule has 3 aliphatic heterocycles. The van der Waals surface area contributed by atoms with Crippen LogP contribution in [-0.2, 0) is 29.0 Å². The molecule has 10 heteroatoms. The molecule has 3 aliphatic rings. The normalized spacial score (nSPS) is 22.9. The fourth-order valence-electron chi connectivity index (χ4n) is 6.48. The van der Waals surface area contributed by atoms with Gasteiger partial charge in [-0.3, -0.25) is 4.90 Å². The van der Waals surface area contributed by atoms with E-state index in [9.17, 15) is 15.3 Å². The summed E-state index contributed by atoms with van der Waals surface area (Å²) in [5.41, 5.74) is 3.38. The topological polar surface area (TPSA) is 109 Å². The van der Waals surface area contributed by atoms with E-state index in [2.05, 4.69) is 65.0 Å². The number of pyridine rings is 1. The predicted molar refractivity (Wildman–Crippen MR) is 165 cm³/mol. The molecular formula is C33H43N7O3. The Morgan fingerprint density at radius 3 is 2.37 bits per heavy atom. The standard InChI is InChI=1S/C33H43N7O3/c1-23-18-39(19-24(2)42-23)30-27-12-14-37(20-25-9-7-6-8-10-25)22-29(27)28(17-35)31(36-30)38-15-16-40(26(21-38)11-13-34)32(41)43-33(3,4)5/h6-10,23-24,26H,11-12,14-16,18-22H2,1-5H3. The van der Waals surface area contributed by atoms with Gasteiger partial charge in [0, 0.05) is 57.9 Å². The van der Waals surface area contributed by atoms with Crippen LogP contribution in [0.2, 0.25) is 0 Å². The Balaban J connectivity index is 1.51. The maximum atomic E-state index is 13.0. The fraction of sp³-hybridized carbons (Fsp3) is 0.576. The van der Waals surface area contributed by atoms with Crippen LogP contribution in [0.25, 0.3) is 0 Å². The Morgan fingerprint density at radius 1 is 1.00 bits per heavy atom. The van der Waals surface area contributed by atoms with Gasteiger partial charge in [0.25, 0.3) is 0 Å². The van der Waals surface area contributed by atoms with Crippen LogP contribution in [0.3, 0.4) is 0 Å². The van der Waals surface area contributed by atoms with Gasteiger partial charge in [0.15, 0.2) is 0 Å². The van der Waals surface area contributed by atoms with Gasteiger partial charge in [-0.15, -0.1) is 0 Å². The monoisotopic (exact) mass is 585 g/mol. The number of anilines is 2. The van der Waals surface area contributed by atoms with Crippen molar-refractivity contribution < 1.29 is 14.3 Å². The lowest BCUT2D eigenvalue weighted by Crippen LogP contribution is -2.56. The van der Waals surface area contributed by atoms with Crippen molar-refractivity contribution in [1.29, 1.82) is 10.5 Å². The highest BCUT2D eigenvalue weighted by molar-refractivity contribution is 5.71. The number of rotatable bonds is 5. The van der Waals surface area contributed by atoms with Gasteiger partial charge in [0.1, 0.15) is 23.3 Å². The van der Waals surface area contributed by atoms with Crippen molar-refractivity contribution >= 4 is 17.7 Å². The smallest absolute Gasteiger partial charge is 0.410 e. The average molecular weight is 586 g/mol. The van der Waals surface area contributed by atoms with Crippen LogP contribution in [0.4, 0.5) is 16.4 Å². The molecule has 1 amide bonds. The van der Waals surface area contributed by atoms with Crippen LogP contribution >= 0.6 is 0 Å². The summed E-state index contributed by atoms with van der Waals surface area (Å²) in [6, 6.07) is 14.8. The summed E-state index contributed by atoms with van der Waals surface area (Å²) >= 11 is 0. The average Bonchev–Trinajstić information content (AvgIpc) is 2.95. The summed E-state index contributed by atoms with van der Waals surface area (Å²) < 4.78 is 11.7. The Hall–Kier alpha value is -3.86. The number of nitrogens with zero attached hydrogens (tertiary/aromatic N) is 7. The second kappa shape index (κ2) is 12.8. The number of fused-ring (bicyclic) bond motifs is 1. The quantitative estimate of drug-likeness (QED) is 0.502. The van der Waals surface area contributed by atoms with Crippen LogP contribution in [0.15, 0.2) is 30.3 Å². The lowest BCUT2D eigenvalue weighted by molar-refractivity contribution is -0.00554. The number of nitriles is 2. The molecule has 0 spiro atoms. The van der Waals surface area contributed by atoms with Gasteiger partial charge >= 0.3 is 6.09 Å². The van der Waals surface area contributed by atoms with Crippen molar-refractivity contribution in [3.63, 3.8) is 0 Å². The zero-order chi connectivity index (χ0) is 30.7. The molecule has 3 unspecified atom stereocenters. The van der Waals surface area contributed by atoms with Crippen LogP contribution in [0.5, 0.6) is 0 Å². The second-order valence-corrected chi connectivity index (χ2v) is 12.9. The van der Waals surface area contributed by atoms with E-state index in [1.807, 2.05) is 26.8 Å². The summed E-state index contributed by atoms with van der Waals surface area (Å²) in [5, 5.41) is 20.2. The number of morpholine rings is 1. The number of ether oxygens (including phenoxy) is 2. The zero-order valence-corrected chi connectivity index (χ0v) is 26.0. The largest absolute Gasteiger partial charge is 0.444 e. The van der Waals surface area contributed by atoms with E-state index in [4.69, 9.17) is 14.5 Å². The zero-order valence-electron chi connectivity index (χ0n) is 26.0. The number of aromatic nitrogens is 1. The molecule has 2 fully saturated rings. The van der Waals surface area contributed by atoms with E-state index >= 15 is 0 Å². The molecule has 0 N–H and O–H groups in total. The number of amides is 1. The van der Waals surface area contributed by atoms with E-state index in [1.54, 1.807) is 4.90 Å². The van der Waals surface area contributed by atoms with E-state index in [1.165, 1.54) is 5.56 Å². The van der Waals surface area contributed by atoms with Crippen LogP contribution in [0, 0.1) is 22.7 Å². The van der Waals surface area contributed by atoms with Crippen molar-refractivity contribution in [2.45, 2.75) is 84.4 Å². The molecule has 43 heavy (non-hydrogen) atoms. The molecule has 10 nitrogen and oxygen atoms in total. The summed E-state index contributed by atoms with van der Waals surface area (Å²) in [7, 11) is 0. The van der Waals surface area contributed by atoms with Gasteiger partial charge in [-0.1, -0.05) is 30.3 Å². The van der Waals surface area contributed by atoms with Gasteiger partial charge < -0.3 is 24.2 Å². The maximum absolute atomic E-state index is 13.0. The van der Waals surface area contributed by atoms with Gasteiger partial charge in [-0.2, -0.15) is 10.5 Å². The molecule has 1 aromatic heterocycles. The molecule has 5 rings (SSSR count). The lowest BCUT2D eigenvalue weighted by Gasteiger charge is -2.43. The van der Waals surface area contributed by atoms with Crippen molar-refractivity contribution in [3.05, 3.63) is 52.6 Å². The molecule has 2 aromatic rings. The summed E-state index contributed by atoms with van der Waals surface area (Å²) in [6.45, 7) is 14.8. The first-order valence-corrected chi connectivity index (χ1v) is 15.3. The number of hydrogen-bond acceptors (Lipinski definition) is 9. The molecule has 0 radical (unpaired) electrons. The fourth-order valence-corrected chi connectivity index (χ4v) is 6.48. The maximum Gasteiger partial charge on any atom is 0.410 e. The van der Waals surface area contributed by atoms with Crippen molar-refractivity contribution in [2.75, 3.05) is 49.1 Å². The van der Waals surface area contributed by atoms with Crippen LogP contribution in [0.1, 0.15) is 63.3 Å². The molecule has 4 heterocycles. The minimum Gasteiger partial charge on any atom is -0.444 e. The van der Waals surface area contributed by atoms with Crippen molar-refractivity contribution in [1.82, 2.24) is 14.8 Å². The molecular weight excluding hydrogens is 542 g/mol. The predicted octanol–water partition coefficient (Wildman–Crippen LogP) is 4.46. The minimum atomic E-state index is -0.633. The molecule has 3 atom stereocenters. The first kappa shape index (κ1) is 30.6. The first-order valence-electron chi connectivity index (χ1n) is 15.3. The van der Waals surface area contributed by atoms with Crippen LogP contribution < -0.4 is 9.80 Å². The number of piperazine rings is 1. The van der Waals surface area contributed by atoms with E-state index < -0.39 is 11.7 Å². The molecule has 0 bridgehead atoms. The highest BCUT2D eigenvalue weighted by Gasteiger charge is 2.37. The summed E-state index contributed by atoms with van der Waals surface area (Å²) in [4.78, 5) is 26.8. The third-order valence-corrected chi connectivity index (χ3v) is 8.25. The minimum absolute atomic E-state index is 0.0656. The van der Waals surface area contributed by atoms with Gasteiger partial charge in [0.2, 0.25) is 0 Å². The second-order valence-electron chi connectivity index (χ2n) is 12.9. The van der Waals surface area contributed by atoms with Gasteiger partial charge in [-0.05, 0) is 52.2 Å². The summed E-state index contributed by atoms with van der Waals surface area (Å²) in [5.74, 6) is 1.56. The number of benzene rings is 1. The molecule has 1 aromatic carbocycles. The highest BCUT2D eigenvalue weighted by atomic mass is 16.6. The van der Waals surface area contributed by atoms with Crippen LogP contribution in [-0.4, -0.2) is 84.0 Å². The SMILES string of the molecule is CC1CN(c2nc(N3CCN(C(=O)OC(C)(C)C)C(CC#N)C3)c(C#N)c3c2CCN(Cc2ccccc2)C3)CC(C)O1. The molecule has 0 saturated carbocycles. The Bertz CT molecular complexity index is 1380.